The van der Waals surface area contributed by atoms with E-state index in [-0.39, 0.29) is 12.4 Å². The summed E-state index contributed by atoms with van der Waals surface area (Å²) < 4.78 is 4.86. The van der Waals surface area contributed by atoms with Gasteiger partial charge in [0.2, 0.25) is 5.91 Å². The Kier molecular flexibility index (Phi) is 7.39. The fraction of sp³-hybridized carbons (Fsp3) is 0.389. The molecule has 0 aliphatic rings. The summed E-state index contributed by atoms with van der Waals surface area (Å²) in [7, 11) is 0. The largest absolute Gasteiger partial charge is 0.466 e. The van der Waals surface area contributed by atoms with Gasteiger partial charge in [-0.15, -0.1) is 0 Å². The number of carbonyl (C=O) groups excluding carboxylic acids is 2. The normalized spacial score (nSPS) is 11.4. The van der Waals surface area contributed by atoms with E-state index in [1.165, 1.54) is 0 Å². The number of carbonyl (C=O) groups is 2. The lowest BCUT2D eigenvalue weighted by Crippen LogP contribution is -2.26. The molecule has 1 atom stereocenters. The number of para-hydroxylation sites is 1. The average molecular weight is 355 g/mol. The molecule has 26 heavy (non-hydrogen) atoms. The number of azide groups is 1. The van der Waals surface area contributed by atoms with Gasteiger partial charge in [-0.25, -0.2) is 0 Å². The van der Waals surface area contributed by atoms with Gasteiger partial charge in [0, 0.05) is 22.9 Å². The van der Waals surface area contributed by atoms with E-state index in [0.717, 1.165) is 5.39 Å². The van der Waals surface area contributed by atoms with Crippen molar-refractivity contribution in [2.45, 2.75) is 38.6 Å². The predicted molar refractivity (Wildman–Crippen MR) is 98.4 cm³/mol. The zero-order valence-corrected chi connectivity index (χ0v) is 14.6. The van der Waals surface area contributed by atoms with E-state index >= 15 is 0 Å². The Morgan fingerprint density at radius 2 is 2.12 bits per heavy atom. The number of ether oxygens (including phenoxy) is 1. The summed E-state index contributed by atoms with van der Waals surface area (Å²) >= 11 is 0. The molecule has 1 unspecified atom stereocenters. The number of anilines is 1. The molecule has 0 fully saturated rings. The molecule has 2 aromatic rings. The fourth-order valence-electron chi connectivity index (χ4n) is 2.56. The maximum atomic E-state index is 12.5. The first-order valence-corrected chi connectivity index (χ1v) is 8.50. The SMILES string of the molecule is CCOC(=O)CCCCC(N=[N+]=[N-])C(=O)Nc1cccc2cccnc12. The second-order valence-corrected chi connectivity index (χ2v) is 5.64. The van der Waals surface area contributed by atoms with Gasteiger partial charge in [-0.2, -0.15) is 0 Å². The molecule has 0 bridgehead atoms. The molecule has 1 N–H and O–H groups in total. The highest BCUT2D eigenvalue weighted by molar-refractivity contribution is 6.02. The molecular formula is C18H21N5O3. The van der Waals surface area contributed by atoms with Gasteiger partial charge in [-0.1, -0.05) is 29.7 Å². The van der Waals surface area contributed by atoms with Gasteiger partial charge in [-0.05, 0) is 37.4 Å². The summed E-state index contributed by atoms with van der Waals surface area (Å²) in [5.41, 5.74) is 9.97. The van der Waals surface area contributed by atoms with Gasteiger partial charge in [0.15, 0.2) is 0 Å². The molecule has 0 aliphatic heterocycles. The van der Waals surface area contributed by atoms with Crippen molar-refractivity contribution in [3.63, 3.8) is 0 Å². The van der Waals surface area contributed by atoms with Crippen molar-refractivity contribution < 1.29 is 14.3 Å². The van der Waals surface area contributed by atoms with Crippen LogP contribution in [0.5, 0.6) is 0 Å². The van der Waals surface area contributed by atoms with E-state index in [9.17, 15) is 9.59 Å². The molecule has 2 rings (SSSR count). The molecule has 1 heterocycles. The monoisotopic (exact) mass is 355 g/mol. The van der Waals surface area contributed by atoms with Crippen LogP contribution in [-0.4, -0.2) is 29.5 Å². The third-order valence-electron chi connectivity index (χ3n) is 3.80. The summed E-state index contributed by atoms with van der Waals surface area (Å²) in [6.45, 7) is 2.10. The zero-order chi connectivity index (χ0) is 18.8. The first-order valence-electron chi connectivity index (χ1n) is 8.50. The number of hydrogen-bond acceptors (Lipinski definition) is 5. The van der Waals surface area contributed by atoms with E-state index in [0.29, 0.717) is 37.1 Å². The van der Waals surface area contributed by atoms with Crippen LogP contribution >= 0.6 is 0 Å². The first kappa shape index (κ1) is 19.2. The highest BCUT2D eigenvalue weighted by atomic mass is 16.5. The Labute approximate surface area is 151 Å². The standard InChI is InChI=1S/C18H21N5O3/c1-2-26-16(24)11-4-3-9-15(22-23-19)18(25)21-14-10-5-7-13-8-6-12-20-17(13)14/h5-8,10,12,15H,2-4,9,11H2,1H3,(H,21,25). The lowest BCUT2D eigenvalue weighted by atomic mass is 10.1. The van der Waals surface area contributed by atoms with E-state index in [1.54, 1.807) is 19.2 Å². The number of nitrogens with one attached hydrogen (secondary N) is 1. The van der Waals surface area contributed by atoms with Crippen molar-refractivity contribution in [2.75, 3.05) is 11.9 Å². The third kappa shape index (κ3) is 5.46. The van der Waals surface area contributed by atoms with Crippen LogP contribution in [0.3, 0.4) is 0 Å². The molecule has 1 aromatic carbocycles. The quantitative estimate of drug-likeness (QED) is 0.241. The lowest BCUT2D eigenvalue weighted by molar-refractivity contribution is -0.143. The van der Waals surface area contributed by atoms with Crippen molar-refractivity contribution in [1.82, 2.24) is 4.98 Å². The van der Waals surface area contributed by atoms with E-state index in [2.05, 4.69) is 20.3 Å². The number of esters is 1. The van der Waals surface area contributed by atoms with Crippen molar-refractivity contribution >= 4 is 28.5 Å². The van der Waals surface area contributed by atoms with Crippen LogP contribution in [0.1, 0.15) is 32.6 Å². The second-order valence-electron chi connectivity index (χ2n) is 5.64. The molecular weight excluding hydrogens is 334 g/mol. The van der Waals surface area contributed by atoms with Gasteiger partial charge in [0.25, 0.3) is 0 Å². The summed E-state index contributed by atoms with van der Waals surface area (Å²) in [6, 6.07) is 8.35. The maximum absolute atomic E-state index is 12.5. The minimum Gasteiger partial charge on any atom is -0.466 e. The average Bonchev–Trinajstić information content (AvgIpc) is 2.64. The number of amides is 1. The molecule has 8 heteroatoms. The van der Waals surface area contributed by atoms with Crippen molar-refractivity contribution in [3.05, 3.63) is 47.0 Å². The maximum Gasteiger partial charge on any atom is 0.305 e. The van der Waals surface area contributed by atoms with Crippen LogP contribution in [0.4, 0.5) is 5.69 Å². The molecule has 1 amide bonds. The van der Waals surface area contributed by atoms with Gasteiger partial charge in [0.1, 0.15) is 6.04 Å². The van der Waals surface area contributed by atoms with Crippen molar-refractivity contribution in [3.8, 4) is 0 Å². The van der Waals surface area contributed by atoms with Crippen LogP contribution in [-0.2, 0) is 14.3 Å². The third-order valence-corrected chi connectivity index (χ3v) is 3.80. The first-order chi connectivity index (χ1) is 12.7. The smallest absolute Gasteiger partial charge is 0.305 e. The molecule has 8 nitrogen and oxygen atoms in total. The van der Waals surface area contributed by atoms with Crippen molar-refractivity contribution in [2.24, 2.45) is 5.11 Å². The minimum absolute atomic E-state index is 0.265. The van der Waals surface area contributed by atoms with E-state index in [1.807, 2.05) is 24.3 Å². The Balaban J connectivity index is 1.97. The number of hydrogen-bond donors (Lipinski definition) is 1. The topological polar surface area (TPSA) is 117 Å². The highest BCUT2D eigenvalue weighted by Crippen LogP contribution is 2.21. The van der Waals surface area contributed by atoms with Gasteiger partial charge >= 0.3 is 5.97 Å². The Hall–Kier alpha value is -3.12. The van der Waals surface area contributed by atoms with Gasteiger partial charge in [-0.3, -0.25) is 14.6 Å². The second kappa shape index (κ2) is 10.0. The Bertz CT molecular complexity index is 812. The number of nitrogens with zero attached hydrogens (tertiary/aromatic N) is 4. The van der Waals surface area contributed by atoms with Crippen molar-refractivity contribution in [1.29, 1.82) is 0 Å². The van der Waals surface area contributed by atoms with E-state index in [4.69, 9.17) is 10.3 Å². The van der Waals surface area contributed by atoms with Crippen LogP contribution in [0.25, 0.3) is 21.3 Å². The number of rotatable bonds is 9. The van der Waals surface area contributed by atoms with Crippen LogP contribution in [0.15, 0.2) is 41.6 Å². The number of benzene rings is 1. The molecule has 0 spiro atoms. The Morgan fingerprint density at radius 3 is 2.88 bits per heavy atom. The molecule has 0 aliphatic carbocycles. The molecule has 0 saturated carbocycles. The zero-order valence-electron chi connectivity index (χ0n) is 14.6. The number of fused-ring (bicyclic) bond motifs is 1. The number of aromatic nitrogens is 1. The molecule has 1 aromatic heterocycles. The predicted octanol–water partition coefficient (Wildman–Crippen LogP) is 3.98. The highest BCUT2D eigenvalue weighted by Gasteiger charge is 2.18. The summed E-state index contributed by atoms with van der Waals surface area (Å²) in [4.78, 5) is 30.8. The fourth-order valence-corrected chi connectivity index (χ4v) is 2.56. The number of pyridine rings is 1. The van der Waals surface area contributed by atoms with Gasteiger partial charge < -0.3 is 10.1 Å². The lowest BCUT2D eigenvalue weighted by Gasteiger charge is -2.13. The summed E-state index contributed by atoms with van der Waals surface area (Å²) in [5, 5.41) is 7.27. The van der Waals surface area contributed by atoms with Crippen LogP contribution < -0.4 is 5.32 Å². The Morgan fingerprint density at radius 1 is 1.31 bits per heavy atom. The number of unbranched alkanes of at least 4 members (excludes halogenated alkanes) is 1. The minimum atomic E-state index is -0.846. The molecule has 0 radical (unpaired) electrons. The molecule has 0 saturated heterocycles. The van der Waals surface area contributed by atoms with Crippen LogP contribution in [0.2, 0.25) is 0 Å². The van der Waals surface area contributed by atoms with Crippen LogP contribution in [0, 0.1) is 0 Å². The molecule has 136 valence electrons. The summed E-state index contributed by atoms with van der Waals surface area (Å²) in [5.74, 6) is -0.656. The van der Waals surface area contributed by atoms with Gasteiger partial charge in [0.05, 0.1) is 17.8 Å². The van der Waals surface area contributed by atoms with E-state index < -0.39 is 11.9 Å². The summed E-state index contributed by atoms with van der Waals surface area (Å²) in [6.07, 6.45) is 3.43.